The first kappa shape index (κ1) is 21.7. The predicted molar refractivity (Wildman–Crippen MR) is 117 cm³/mol. The number of aryl methyl sites for hydroxylation is 3. The standard InChI is InChI=1S/2C9H12.C8H10/c2*1-2-6-9-7-4-3-5-8-9;1-2-8-6-4-3-5-7-8/h2*3-5,7-8H,2,6H2,1H3;3-7H,2H2,1H3. The SMILES string of the molecule is CCCc1ccccc1.CCCc1ccccc1.CCc1ccccc1. The lowest BCUT2D eigenvalue weighted by Gasteiger charge is -1.93. The molecule has 0 bridgehead atoms. The monoisotopic (exact) mass is 346 g/mol. The highest BCUT2D eigenvalue weighted by molar-refractivity contribution is 5.15. The number of rotatable bonds is 5. The van der Waals surface area contributed by atoms with Crippen LogP contribution in [0.3, 0.4) is 0 Å². The van der Waals surface area contributed by atoms with Crippen molar-refractivity contribution in [2.45, 2.75) is 52.9 Å². The van der Waals surface area contributed by atoms with Gasteiger partial charge in [-0.1, -0.05) is 125 Å². The van der Waals surface area contributed by atoms with Crippen LogP contribution in [0.1, 0.15) is 50.3 Å². The Labute approximate surface area is 160 Å². The van der Waals surface area contributed by atoms with Gasteiger partial charge in [0.05, 0.1) is 0 Å². The molecule has 0 radical (unpaired) electrons. The summed E-state index contributed by atoms with van der Waals surface area (Å²) in [6.07, 6.45) is 6.04. The van der Waals surface area contributed by atoms with Gasteiger partial charge in [-0.05, 0) is 36.0 Å². The second-order valence-corrected chi connectivity index (χ2v) is 6.31. The molecule has 138 valence electrons. The van der Waals surface area contributed by atoms with Crippen LogP contribution < -0.4 is 0 Å². The van der Waals surface area contributed by atoms with E-state index in [0.717, 1.165) is 6.42 Å². The molecule has 0 aliphatic heterocycles. The summed E-state index contributed by atoms with van der Waals surface area (Å²) in [7, 11) is 0. The van der Waals surface area contributed by atoms with E-state index in [-0.39, 0.29) is 0 Å². The summed E-state index contributed by atoms with van der Waals surface area (Å²) in [5.74, 6) is 0. The van der Waals surface area contributed by atoms with Crippen LogP contribution in [-0.2, 0) is 19.3 Å². The van der Waals surface area contributed by atoms with Gasteiger partial charge in [-0.25, -0.2) is 0 Å². The maximum atomic E-state index is 2.20. The molecule has 3 aromatic rings. The van der Waals surface area contributed by atoms with Crippen molar-refractivity contribution in [1.82, 2.24) is 0 Å². The molecule has 3 rings (SSSR count). The number of hydrogen-bond acceptors (Lipinski definition) is 0. The Bertz CT molecular complexity index is 600. The van der Waals surface area contributed by atoms with Crippen molar-refractivity contribution >= 4 is 0 Å². The molecule has 0 heteroatoms. The third kappa shape index (κ3) is 10.5. The Kier molecular flexibility index (Phi) is 12.5. The van der Waals surface area contributed by atoms with Crippen LogP contribution in [0.5, 0.6) is 0 Å². The fourth-order valence-electron chi connectivity index (χ4n) is 2.58. The molecule has 0 saturated heterocycles. The van der Waals surface area contributed by atoms with Gasteiger partial charge in [-0.3, -0.25) is 0 Å². The van der Waals surface area contributed by atoms with E-state index < -0.39 is 0 Å². The van der Waals surface area contributed by atoms with E-state index in [9.17, 15) is 0 Å². The minimum absolute atomic E-state index is 1.14. The molecule has 0 unspecified atom stereocenters. The summed E-state index contributed by atoms with van der Waals surface area (Å²) >= 11 is 0. The van der Waals surface area contributed by atoms with Gasteiger partial charge in [0.1, 0.15) is 0 Å². The van der Waals surface area contributed by atoms with Crippen LogP contribution in [0.25, 0.3) is 0 Å². The van der Waals surface area contributed by atoms with Crippen molar-refractivity contribution < 1.29 is 0 Å². The minimum atomic E-state index is 1.14. The van der Waals surface area contributed by atoms with Gasteiger partial charge < -0.3 is 0 Å². The molecule has 26 heavy (non-hydrogen) atoms. The van der Waals surface area contributed by atoms with E-state index in [1.54, 1.807) is 0 Å². The topological polar surface area (TPSA) is 0 Å². The molecule has 0 spiro atoms. The van der Waals surface area contributed by atoms with Gasteiger partial charge >= 0.3 is 0 Å². The zero-order valence-electron chi connectivity index (χ0n) is 16.7. The average Bonchev–Trinajstić information content (AvgIpc) is 2.72. The van der Waals surface area contributed by atoms with E-state index in [2.05, 4.69) is 106 Å². The second-order valence-electron chi connectivity index (χ2n) is 6.31. The summed E-state index contributed by atoms with van der Waals surface area (Å²) in [5, 5.41) is 0. The first-order chi connectivity index (χ1) is 12.8. The summed E-state index contributed by atoms with van der Waals surface area (Å²) in [4.78, 5) is 0. The first-order valence-electron chi connectivity index (χ1n) is 9.91. The number of hydrogen-bond donors (Lipinski definition) is 0. The largest absolute Gasteiger partial charge is 0.0651 e. The molecule has 0 aromatic heterocycles. The highest BCUT2D eigenvalue weighted by Gasteiger charge is 1.85. The summed E-state index contributed by atoms with van der Waals surface area (Å²) in [6, 6.07) is 31.6. The van der Waals surface area contributed by atoms with E-state index in [1.165, 1.54) is 42.4 Å². The molecule has 0 aliphatic rings. The molecule has 0 saturated carbocycles. The second kappa shape index (κ2) is 15.0. The maximum absolute atomic E-state index is 2.20. The fraction of sp³-hybridized carbons (Fsp3) is 0.308. The van der Waals surface area contributed by atoms with Gasteiger partial charge in [-0.15, -0.1) is 0 Å². The van der Waals surface area contributed by atoms with Gasteiger partial charge in [0.15, 0.2) is 0 Å². The van der Waals surface area contributed by atoms with E-state index in [1.807, 2.05) is 6.07 Å². The predicted octanol–water partition coefficient (Wildman–Crippen LogP) is 7.53. The van der Waals surface area contributed by atoms with Crippen molar-refractivity contribution in [3.63, 3.8) is 0 Å². The van der Waals surface area contributed by atoms with Crippen LogP contribution >= 0.6 is 0 Å². The maximum Gasteiger partial charge on any atom is -0.0281 e. The Morgan fingerprint density at radius 2 is 0.731 bits per heavy atom. The molecule has 0 heterocycles. The highest BCUT2D eigenvalue weighted by atomic mass is 13.9. The zero-order chi connectivity index (χ0) is 18.9. The smallest absolute Gasteiger partial charge is 0.0281 e. The molecular formula is C26H34. The van der Waals surface area contributed by atoms with Gasteiger partial charge in [-0.2, -0.15) is 0 Å². The normalized spacial score (nSPS) is 9.35. The third-order valence-corrected chi connectivity index (χ3v) is 4.01. The van der Waals surface area contributed by atoms with Crippen LogP contribution in [0.2, 0.25) is 0 Å². The summed E-state index contributed by atoms with van der Waals surface area (Å²) in [5.41, 5.74) is 4.30. The molecule has 0 N–H and O–H groups in total. The van der Waals surface area contributed by atoms with Crippen molar-refractivity contribution in [2.75, 3.05) is 0 Å². The lowest BCUT2D eigenvalue weighted by Crippen LogP contribution is -1.78. The summed E-state index contributed by atoms with van der Waals surface area (Å²) < 4.78 is 0. The van der Waals surface area contributed by atoms with Gasteiger partial charge in [0, 0.05) is 0 Å². The fourth-order valence-corrected chi connectivity index (χ4v) is 2.58. The molecule has 0 amide bonds. The summed E-state index contributed by atoms with van der Waals surface area (Å²) in [6.45, 7) is 6.56. The zero-order valence-corrected chi connectivity index (χ0v) is 16.7. The average molecular weight is 347 g/mol. The Morgan fingerprint density at radius 1 is 0.423 bits per heavy atom. The van der Waals surface area contributed by atoms with Gasteiger partial charge in [0.25, 0.3) is 0 Å². The highest BCUT2D eigenvalue weighted by Crippen LogP contribution is 2.01. The van der Waals surface area contributed by atoms with Crippen LogP contribution in [0.15, 0.2) is 91.0 Å². The quantitative estimate of drug-likeness (QED) is 0.448. The van der Waals surface area contributed by atoms with Crippen molar-refractivity contribution in [3.8, 4) is 0 Å². The first-order valence-corrected chi connectivity index (χ1v) is 9.91. The Balaban J connectivity index is 0.000000195. The van der Waals surface area contributed by atoms with Crippen LogP contribution in [-0.4, -0.2) is 0 Å². The van der Waals surface area contributed by atoms with Gasteiger partial charge in [0.2, 0.25) is 0 Å². The van der Waals surface area contributed by atoms with Crippen LogP contribution in [0.4, 0.5) is 0 Å². The van der Waals surface area contributed by atoms with E-state index in [4.69, 9.17) is 0 Å². The minimum Gasteiger partial charge on any atom is -0.0651 e. The molecule has 0 nitrogen and oxygen atoms in total. The van der Waals surface area contributed by atoms with E-state index in [0.29, 0.717) is 0 Å². The molecule has 0 atom stereocenters. The van der Waals surface area contributed by atoms with Crippen LogP contribution in [0, 0.1) is 0 Å². The Morgan fingerprint density at radius 3 is 0.962 bits per heavy atom. The molecule has 3 aromatic carbocycles. The lowest BCUT2D eigenvalue weighted by molar-refractivity contribution is 0.922. The third-order valence-electron chi connectivity index (χ3n) is 4.01. The van der Waals surface area contributed by atoms with Crippen molar-refractivity contribution in [3.05, 3.63) is 108 Å². The van der Waals surface area contributed by atoms with Crippen molar-refractivity contribution in [2.24, 2.45) is 0 Å². The Hall–Kier alpha value is -2.34. The molecule has 0 fully saturated rings. The van der Waals surface area contributed by atoms with Crippen molar-refractivity contribution in [1.29, 1.82) is 0 Å². The molecular weight excluding hydrogens is 312 g/mol. The molecule has 0 aliphatic carbocycles. The number of benzene rings is 3. The van der Waals surface area contributed by atoms with E-state index >= 15 is 0 Å². The lowest BCUT2D eigenvalue weighted by atomic mass is 10.1.